The second kappa shape index (κ2) is 14.5. The molecular weight excluding hydrogens is 795 g/mol. The van der Waals surface area contributed by atoms with Crippen LogP contribution in [0.2, 0.25) is 0 Å². The van der Waals surface area contributed by atoms with Crippen LogP contribution in [0, 0.1) is 11.3 Å². The van der Waals surface area contributed by atoms with E-state index in [0.29, 0.717) is 23.0 Å². The van der Waals surface area contributed by atoms with Crippen LogP contribution in [0.4, 0.5) is 0 Å². The third-order valence-corrected chi connectivity index (χ3v) is 12.7. The van der Waals surface area contributed by atoms with E-state index in [2.05, 4.69) is 159 Å². The number of nitriles is 1. The number of hydrogen-bond donors (Lipinski definition) is 0. The van der Waals surface area contributed by atoms with E-state index in [1.165, 1.54) is 21.5 Å². The normalized spacial score (nSPS) is 11.7. The van der Waals surface area contributed by atoms with Gasteiger partial charge in [0.15, 0.2) is 17.5 Å². The van der Waals surface area contributed by atoms with Crippen LogP contribution in [0.25, 0.3) is 117 Å². The summed E-state index contributed by atoms with van der Waals surface area (Å²) in [5.41, 5.74) is 12.5. The van der Waals surface area contributed by atoms with E-state index in [4.69, 9.17) is 15.0 Å². The Balaban J connectivity index is 1.08. The Morgan fingerprint density at radius 2 is 0.677 bits per heavy atom. The summed E-state index contributed by atoms with van der Waals surface area (Å²) in [6.07, 6.45) is 0. The van der Waals surface area contributed by atoms with Crippen molar-refractivity contribution in [3.63, 3.8) is 0 Å². The van der Waals surface area contributed by atoms with E-state index < -0.39 is 0 Å². The van der Waals surface area contributed by atoms with Crippen LogP contribution in [0.15, 0.2) is 212 Å². The lowest BCUT2D eigenvalue weighted by Gasteiger charge is -2.14. The summed E-state index contributed by atoms with van der Waals surface area (Å²) in [5, 5.41) is 17.8. The Kier molecular flexibility index (Phi) is 8.14. The highest BCUT2D eigenvalue weighted by Crippen LogP contribution is 2.40. The van der Waals surface area contributed by atoms with Gasteiger partial charge in [-0.25, -0.2) is 15.0 Å². The Labute approximate surface area is 373 Å². The molecule has 0 unspecified atom stereocenters. The van der Waals surface area contributed by atoms with Crippen LogP contribution >= 0.6 is 0 Å². The Morgan fingerprint density at radius 1 is 0.308 bits per heavy atom. The molecular formula is C58H35N7. The molecule has 0 aliphatic heterocycles. The maximum absolute atomic E-state index is 10.8. The molecule has 0 fully saturated rings. The fourth-order valence-electron chi connectivity index (χ4n) is 9.83. The summed E-state index contributed by atoms with van der Waals surface area (Å²) in [4.78, 5) is 15.1. The van der Waals surface area contributed by atoms with Gasteiger partial charge in [0, 0.05) is 60.4 Å². The molecule has 4 heterocycles. The molecule has 0 aliphatic carbocycles. The molecule has 4 aromatic heterocycles. The molecule has 0 amide bonds. The van der Waals surface area contributed by atoms with Crippen LogP contribution < -0.4 is 0 Å². The number of benzene rings is 9. The molecule has 0 N–H and O–H groups in total. The number of hydrogen-bond acceptors (Lipinski definition) is 4. The molecule has 0 bridgehead atoms. The summed E-state index contributed by atoms with van der Waals surface area (Å²) in [7, 11) is 0. The van der Waals surface area contributed by atoms with E-state index in [0.717, 1.165) is 77.6 Å². The highest BCUT2D eigenvalue weighted by Gasteiger charge is 2.21. The summed E-state index contributed by atoms with van der Waals surface area (Å²) in [6.45, 7) is 0. The monoisotopic (exact) mass is 829 g/mol. The predicted octanol–water partition coefficient (Wildman–Crippen LogP) is 14.0. The second-order valence-electron chi connectivity index (χ2n) is 16.4. The third kappa shape index (κ3) is 5.71. The zero-order valence-electron chi connectivity index (χ0n) is 34.8. The van der Waals surface area contributed by atoms with Crippen molar-refractivity contribution in [2.45, 2.75) is 0 Å². The van der Waals surface area contributed by atoms with E-state index in [-0.39, 0.29) is 0 Å². The number of nitrogens with zero attached hydrogens (tertiary/aromatic N) is 7. The van der Waals surface area contributed by atoms with Crippen molar-refractivity contribution in [1.82, 2.24) is 28.7 Å². The van der Waals surface area contributed by atoms with Crippen molar-refractivity contribution >= 4 is 65.4 Å². The van der Waals surface area contributed by atoms with Gasteiger partial charge in [0.25, 0.3) is 0 Å². The topological polar surface area (TPSA) is 77.2 Å². The van der Waals surface area contributed by atoms with Gasteiger partial charge in [0.1, 0.15) is 6.07 Å². The highest BCUT2D eigenvalue weighted by atomic mass is 15.0. The molecule has 0 saturated heterocycles. The third-order valence-electron chi connectivity index (χ3n) is 12.7. The fourth-order valence-corrected chi connectivity index (χ4v) is 9.83. The number of para-hydroxylation sites is 4. The summed E-state index contributed by atoms with van der Waals surface area (Å²) >= 11 is 0. The molecule has 0 aliphatic rings. The van der Waals surface area contributed by atoms with Crippen LogP contribution in [-0.2, 0) is 0 Å². The largest absolute Gasteiger partial charge is 0.309 e. The van der Waals surface area contributed by atoms with Gasteiger partial charge in [0.2, 0.25) is 0 Å². The predicted molar refractivity (Wildman–Crippen MR) is 264 cm³/mol. The first-order valence-corrected chi connectivity index (χ1v) is 21.7. The molecule has 7 nitrogen and oxygen atoms in total. The SMILES string of the molecule is N#Cc1ccc(-c2nc(-c3ccccc3)nc(-c3ccccc3)n2)cc1-n1c2ccc(-n3c4ccccc4c4ccccc43)cc2c2cc(-n3c4ccccc4c4ccccc43)ccc21. The molecule has 0 saturated carbocycles. The van der Waals surface area contributed by atoms with Crippen molar-refractivity contribution in [2.75, 3.05) is 0 Å². The van der Waals surface area contributed by atoms with Crippen LogP contribution in [0.5, 0.6) is 0 Å². The molecule has 7 heteroatoms. The van der Waals surface area contributed by atoms with Crippen LogP contribution in [0.3, 0.4) is 0 Å². The van der Waals surface area contributed by atoms with Crippen molar-refractivity contribution < 1.29 is 0 Å². The molecule has 65 heavy (non-hydrogen) atoms. The van der Waals surface area contributed by atoms with Crippen molar-refractivity contribution in [1.29, 1.82) is 5.26 Å². The molecule has 13 aromatic rings. The first kappa shape index (κ1) is 36.5. The van der Waals surface area contributed by atoms with Gasteiger partial charge in [-0.15, -0.1) is 0 Å². The highest BCUT2D eigenvalue weighted by molar-refractivity contribution is 6.14. The lowest BCUT2D eigenvalue weighted by molar-refractivity contribution is 1.07. The molecule has 9 aromatic carbocycles. The average Bonchev–Trinajstić information content (AvgIpc) is 4.02. The standard InChI is InChI=1S/C58H35N7/c59-36-40-28-27-39(58-61-56(37-15-3-1-4-16-37)60-57(62-58)38-17-5-2-6-18-38)33-55(40)65-53-31-29-41(63-49-23-11-7-19-43(49)44-20-8-12-24-50(44)63)34-47(53)48-35-42(30-32-54(48)65)64-51-25-13-9-21-45(51)46-22-10-14-26-52(46)64/h1-35H. The van der Waals surface area contributed by atoms with Gasteiger partial charge in [-0.05, 0) is 78.9 Å². The lowest BCUT2D eigenvalue weighted by Crippen LogP contribution is -2.02. The smallest absolute Gasteiger partial charge is 0.164 e. The number of rotatable bonds is 6. The maximum Gasteiger partial charge on any atom is 0.164 e. The van der Waals surface area contributed by atoms with E-state index in [1.807, 2.05) is 72.8 Å². The number of fused-ring (bicyclic) bond motifs is 9. The van der Waals surface area contributed by atoms with Gasteiger partial charge in [-0.1, -0.05) is 133 Å². The summed E-state index contributed by atoms with van der Waals surface area (Å²) in [5.74, 6) is 1.67. The first-order valence-electron chi connectivity index (χ1n) is 21.7. The van der Waals surface area contributed by atoms with E-state index >= 15 is 0 Å². The van der Waals surface area contributed by atoms with Crippen molar-refractivity contribution in [3.8, 4) is 57.3 Å². The van der Waals surface area contributed by atoms with Crippen LogP contribution in [0.1, 0.15) is 5.56 Å². The van der Waals surface area contributed by atoms with Gasteiger partial charge < -0.3 is 13.7 Å². The van der Waals surface area contributed by atoms with Gasteiger partial charge in [-0.2, -0.15) is 5.26 Å². The summed E-state index contributed by atoms with van der Waals surface area (Å²) in [6, 6.07) is 76.2. The van der Waals surface area contributed by atoms with Gasteiger partial charge in [0.05, 0.1) is 44.4 Å². The quantitative estimate of drug-likeness (QED) is 0.167. The van der Waals surface area contributed by atoms with Crippen LogP contribution in [-0.4, -0.2) is 28.7 Å². The van der Waals surface area contributed by atoms with Gasteiger partial charge in [-0.3, -0.25) is 0 Å². The minimum Gasteiger partial charge on any atom is -0.309 e. The molecule has 0 spiro atoms. The number of aromatic nitrogens is 6. The minimum atomic E-state index is 0.520. The van der Waals surface area contributed by atoms with Crippen molar-refractivity contribution in [3.05, 3.63) is 218 Å². The molecule has 302 valence electrons. The van der Waals surface area contributed by atoms with E-state index in [9.17, 15) is 5.26 Å². The Bertz CT molecular complexity index is 3740. The molecule has 13 rings (SSSR count). The molecule has 0 radical (unpaired) electrons. The Morgan fingerprint density at radius 3 is 1.09 bits per heavy atom. The minimum absolute atomic E-state index is 0.520. The Hall–Kier alpha value is -9.12. The first-order chi connectivity index (χ1) is 32.2. The van der Waals surface area contributed by atoms with Crippen molar-refractivity contribution in [2.24, 2.45) is 0 Å². The zero-order chi connectivity index (χ0) is 43.0. The lowest BCUT2D eigenvalue weighted by atomic mass is 10.1. The van der Waals surface area contributed by atoms with Gasteiger partial charge >= 0.3 is 0 Å². The second-order valence-corrected chi connectivity index (χ2v) is 16.4. The maximum atomic E-state index is 10.8. The fraction of sp³-hybridized carbons (Fsp3) is 0. The zero-order valence-corrected chi connectivity index (χ0v) is 34.8. The van der Waals surface area contributed by atoms with E-state index in [1.54, 1.807) is 0 Å². The average molecular weight is 830 g/mol. The molecule has 0 atom stereocenters. The summed E-state index contributed by atoms with van der Waals surface area (Å²) < 4.78 is 6.96.